The van der Waals surface area contributed by atoms with Crippen molar-refractivity contribution in [2.75, 3.05) is 18.9 Å². The first-order valence-electron chi connectivity index (χ1n) is 9.58. The van der Waals surface area contributed by atoms with Crippen molar-refractivity contribution in [2.24, 2.45) is 5.92 Å². The Morgan fingerprint density at radius 3 is 2.54 bits per heavy atom. The average molecular weight is 399 g/mol. The number of hydrogen-bond donors (Lipinski definition) is 1. The van der Waals surface area contributed by atoms with E-state index in [0.29, 0.717) is 11.6 Å². The fourth-order valence-electron chi connectivity index (χ4n) is 3.33. The smallest absolute Gasteiger partial charge is 0.132 e. The highest BCUT2D eigenvalue weighted by Gasteiger charge is 2.23. The molecule has 0 amide bonds. The molecule has 1 aliphatic carbocycles. The number of aromatic nitrogens is 2. The summed E-state index contributed by atoms with van der Waals surface area (Å²) in [5.74, 6) is 1.51. The quantitative estimate of drug-likeness (QED) is 0.571. The van der Waals surface area contributed by atoms with Gasteiger partial charge in [0.2, 0.25) is 0 Å². The Bertz CT molecular complexity index is 917. The van der Waals surface area contributed by atoms with Gasteiger partial charge in [-0.05, 0) is 74.3 Å². The molecule has 0 aliphatic heterocycles. The fraction of sp³-hybridized carbons (Fsp3) is 0.318. The Hall–Kier alpha value is -2.37. The molecule has 6 heteroatoms. The molecule has 4 nitrogen and oxygen atoms in total. The van der Waals surface area contributed by atoms with Gasteiger partial charge in [-0.1, -0.05) is 11.6 Å². The van der Waals surface area contributed by atoms with Crippen LogP contribution < -0.4 is 5.32 Å². The summed E-state index contributed by atoms with van der Waals surface area (Å²) >= 11 is 6.05. The van der Waals surface area contributed by atoms with Gasteiger partial charge in [-0.3, -0.25) is 0 Å². The summed E-state index contributed by atoms with van der Waals surface area (Å²) in [5, 5.41) is 4.04. The van der Waals surface area contributed by atoms with Crippen molar-refractivity contribution in [1.29, 1.82) is 0 Å². The number of benzene rings is 2. The lowest BCUT2D eigenvalue weighted by Gasteiger charge is -2.14. The first-order chi connectivity index (χ1) is 13.6. The molecule has 4 rings (SSSR count). The van der Waals surface area contributed by atoms with Crippen LogP contribution >= 0.6 is 11.6 Å². The van der Waals surface area contributed by atoms with Crippen LogP contribution in [0.2, 0.25) is 5.02 Å². The van der Waals surface area contributed by atoms with Crippen LogP contribution in [0.3, 0.4) is 0 Å². The van der Waals surface area contributed by atoms with Crippen molar-refractivity contribution in [3.05, 3.63) is 77.1 Å². The van der Waals surface area contributed by atoms with Crippen molar-refractivity contribution < 1.29 is 4.39 Å². The third-order valence-electron chi connectivity index (χ3n) is 4.93. The molecule has 0 unspecified atom stereocenters. The zero-order valence-corrected chi connectivity index (χ0v) is 16.7. The highest BCUT2D eigenvalue weighted by molar-refractivity contribution is 6.30. The van der Waals surface area contributed by atoms with Gasteiger partial charge in [0.1, 0.15) is 11.6 Å². The van der Waals surface area contributed by atoms with Gasteiger partial charge in [-0.2, -0.15) is 0 Å². The van der Waals surface area contributed by atoms with Crippen molar-refractivity contribution >= 4 is 17.3 Å². The number of nitrogens with zero attached hydrogens (tertiary/aromatic N) is 3. The summed E-state index contributed by atoms with van der Waals surface area (Å²) in [4.78, 5) is 7.20. The molecule has 28 heavy (non-hydrogen) atoms. The minimum atomic E-state index is -0.241. The van der Waals surface area contributed by atoms with Gasteiger partial charge in [0.25, 0.3) is 0 Å². The zero-order chi connectivity index (χ0) is 19.5. The van der Waals surface area contributed by atoms with Crippen LogP contribution in [0.15, 0.2) is 54.7 Å². The molecule has 0 saturated heterocycles. The molecular weight excluding hydrogens is 375 g/mol. The second kappa shape index (κ2) is 8.33. The predicted molar refractivity (Wildman–Crippen MR) is 111 cm³/mol. The third kappa shape index (κ3) is 4.91. The number of nitrogens with one attached hydrogen (secondary N) is 1. The topological polar surface area (TPSA) is 33.1 Å². The first-order valence-corrected chi connectivity index (χ1v) is 9.96. The van der Waals surface area contributed by atoms with E-state index in [1.165, 1.54) is 25.0 Å². The number of imidazole rings is 1. The summed E-state index contributed by atoms with van der Waals surface area (Å²) in [6, 6.07) is 14.1. The summed E-state index contributed by atoms with van der Waals surface area (Å²) in [5.41, 5.74) is 2.91. The first kappa shape index (κ1) is 19.0. The van der Waals surface area contributed by atoms with Crippen LogP contribution in [0.1, 0.15) is 24.4 Å². The second-order valence-electron chi connectivity index (χ2n) is 7.50. The average Bonchev–Trinajstić information content (AvgIpc) is 3.40. The molecule has 1 fully saturated rings. The molecule has 1 heterocycles. The lowest BCUT2D eigenvalue weighted by Crippen LogP contribution is -2.20. The van der Waals surface area contributed by atoms with Gasteiger partial charge >= 0.3 is 0 Å². The molecule has 2 aromatic carbocycles. The number of hydrogen-bond acceptors (Lipinski definition) is 3. The maximum absolute atomic E-state index is 13.1. The molecule has 3 aromatic rings. The maximum Gasteiger partial charge on any atom is 0.132 e. The Kier molecular flexibility index (Phi) is 5.64. The van der Waals surface area contributed by atoms with Gasteiger partial charge in [0, 0.05) is 35.7 Å². The predicted octanol–water partition coefficient (Wildman–Crippen LogP) is 5.12. The Balaban J connectivity index is 1.54. The minimum absolute atomic E-state index is 0.241. The van der Waals surface area contributed by atoms with Crippen LogP contribution in [-0.4, -0.2) is 28.0 Å². The van der Waals surface area contributed by atoms with Gasteiger partial charge in [0.15, 0.2) is 0 Å². The number of rotatable bonds is 8. The SMILES string of the molecule is CN(Cc1cn(-c2ccc(Cl)cc2)c(CNc2ccc(F)cc2)n1)CC1CC1. The molecule has 0 radical (unpaired) electrons. The standard InChI is InChI=1S/C22H24ClFN4/c1-27(13-16-2-3-16)14-20-15-28(21-10-4-17(23)5-11-21)22(26-20)12-25-19-8-6-18(24)7-9-19/h4-11,15-16,25H,2-3,12-14H2,1H3. The molecule has 0 atom stereocenters. The highest BCUT2D eigenvalue weighted by Crippen LogP contribution is 2.29. The molecular formula is C22H24ClFN4. The normalized spacial score (nSPS) is 13.9. The van der Waals surface area contributed by atoms with Crippen LogP contribution in [0, 0.1) is 11.7 Å². The monoisotopic (exact) mass is 398 g/mol. The van der Waals surface area contributed by atoms with Crippen molar-refractivity contribution in [3.8, 4) is 5.69 Å². The Morgan fingerprint density at radius 2 is 1.86 bits per heavy atom. The molecule has 0 bridgehead atoms. The van der Waals surface area contributed by atoms with Crippen molar-refractivity contribution in [2.45, 2.75) is 25.9 Å². The summed E-state index contributed by atoms with van der Waals surface area (Å²) < 4.78 is 15.2. The molecule has 1 aliphatic rings. The van der Waals surface area contributed by atoms with E-state index < -0.39 is 0 Å². The fourth-order valence-corrected chi connectivity index (χ4v) is 3.46. The lowest BCUT2D eigenvalue weighted by molar-refractivity contribution is 0.310. The van der Waals surface area contributed by atoms with Crippen molar-refractivity contribution in [3.63, 3.8) is 0 Å². The number of halogens is 2. The van der Waals surface area contributed by atoms with Crippen LogP contribution in [0.5, 0.6) is 0 Å². The summed E-state index contributed by atoms with van der Waals surface area (Å²) in [6.45, 7) is 2.48. The maximum atomic E-state index is 13.1. The molecule has 1 N–H and O–H groups in total. The van der Waals surface area contributed by atoms with Crippen LogP contribution in [0.25, 0.3) is 5.69 Å². The van der Waals surface area contributed by atoms with Gasteiger partial charge < -0.3 is 14.8 Å². The second-order valence-corrected chi connectivity index (χ2v) is 7.93. The van der Waals surface area contributed by atoms with E-state index in [1.54, 1.807) is 12.1 Å². The minimum Gasteiger partial charge on any atom is -0.378 e. The molecule has 1 saturated carbocycles. The lowest BCUT2D eigenvalue weighted by atomic mass is 10.3. The summed E-state index contributed by atoms with van der Waals surface area (Å²) in [7, 11) is 2.15. The van der Waals surface area contributed by atoms with Gasteiger partial charge in [0.05, 0.1) is 12.2 Å². The van der Waals surface area contributed by atoms with Gasteiger partial charge in [-0.15, -0.1) is 0 Å². The van der Waals surface area contributed by atoms with E-state index in [-0.39, 0.29) is 5.82 Å². The molecule has 0 spiro atoms. The third-order valence-corrected chi connectivity index (χ3v) is 5.18. The van der Waals surface area contributed by atoms with E-state index >= 15 is 0 Å². The van der Waals surface area contributed by atoms with Crippen molar-refractivity contribution in [1.82, 2.24) is 14.5 Å². The van der Waals surface area contributed by atoms with E-state index in [2.05, 4.69) is 28.0 Å². The molecule has 146 valence electrons. The number of anilines is 1. The highest BCUT2D eigenvalue weighted by atomic mass is 35.5. The van der Waals surface area contributed by atoms with Crippen LogP contribution in [-0.2, 0) is 13.1 Å². The van der Waals surface area contributed by atoms with Gasteiger partial charge in [-0.25, -0.2) is 9.37 Å². The Morgan fingerprint density at radius 1 is 1.14 bits per heavy atom. The van der Waals surface area contributed by atoms with E-state index in [0.717, 1.165) is 41.9 Å². The molecule has 1 aromatic heterocycles. The van der Waals surface area contributed by atoms with E-state index in [1.807, 2.05) is 24.3 Å². The van der Waals surface area contributed by atoms with E-state index in [9.17, 15) is 4.39 Å². The van der Waals surface area contributed by atoms with Crippen LogP contribution in [0.4, 0.5) is 10.1 Å². The summed E-state index contributed by atoms with van der Waals surface area (Å²) in [6.07, 6.45) is 4.78. The zero-order valence-electron chi connectivity index (χ0n) is 15.9. The largest absolute Gasteiger partial charge is 0.378 e. The Labute approximate surface area is 170 Å². The van der Waals surface area contributed by atoms with E-state index in [4.69, 9.17) is 16.6 Å².